The largest absolute Gasteiger partial charge is 0.477 e. The van der Waals surface area contributed by atoms with Gasteiger partial charge in [-0.2, -0.15) is 0 Å². The summed E-state index contributed by atoms with van der Waals surface area (Å²) < 4.78 is 1.91. The number of carboxylic acid groups (broad SMARTS) is 1. The molecule has 0 spiro atoms. The van der Waals surface area contributed by atoms with E-state index in [1.807, 2.05) is 29.7 Å². The summed E-state index contributed by atoms with van der Waals surface area (Å²) in [5.41, 5.74) is 2.86. The first-order valence-corrected chi connectivity index (χ1v) is 5.58. The summed E-state index contributed by atoms with van der Waals surface area (Å²) in [6.45, 7) is 2.01. The van der Waals surface area contributed by atoms with E-state index < -0.39 is 5.97 Å². The lowest BCUT2D eigenvalue weighted by Crippen LogP contribution is -1.91. The molecule has 5 heteroatoms. The van der Waals surface area contributed by atoms with Gasteiger partial charge in [0, 0.05) is 6.20 Å². The number of fused-ring (bicyclic) bond motifs is 3. The van der Waals surface area contributed by atoms with E-state index in [2.05, 4.69) is 4.98 Å². The molecule has 1 N–H and O–H groups in total. The summed E-state index contributed by atoms with van der Waals surface area (Å²) in [7, 11) is 0. The van der Waals surface area contributed by atoms with Crippen molar-refractivity contribution >= 4 is 33.3 Å². The summed E-state index contributed by atoms with van der Waals surface area (Å²) in [4.78, 5) is 16.3. The van der Waals surface area contributed by atoms with Gasteiger partial charge in [-0.1, -0.05) is 0 Å². The van der Waals surface area contributed by atoms with Gasteiger partial charge in [-0.25, -0.2) is 9.78 Å². The molecule has 3 rings (SSSR count). The topological polar surface area (TPSA) is 54.6 Å². The molecule has 0 aliphatic rings. The molecule has 0 aromatic carbocycles. The van der Waals surface area contributed by atoms with Crippen LogP contribution in [-0.2, 0) is 0 Å². The molecule has 0 saturated carbocycles. The summed E-state index contributed by atoms with van der Waals surface area (Å²) in [6, 6.07) is 5.62. The third-order valence-electron chi connectivity index (χ3n) is 2.47. The van der Waals surface area contributed by atoms with Crippen LogP contribution in [0.15, 0.2) is 24.4 Å². The van der Waals surface area contributed by atoms with Crippen molar-refractivity contribution < 1.29 is 9.90 Å². The highest BCUT2D eigenvalue weighted by molar-refractivity contribution is 7.20. The highest BCUT2D eigenvalue weighted by Crippen LogP contribution is 2.26. The maximum absolute atomic E-state index is 10.8. The Morgan fingerprint density at radius 3 is 3.06 bits per heavy atom. The van der Waals surface area contributed by atoms with Gasteiger partial charge in [0.2, 0.25) is 0 Å². The summed E-state index contributed by atoms with van der Waals surface area (Å²) >= 11 is 1.21. The van der Waals surface area contributed by atoms with Gasteiger partial charge >= 0.3 is 5.97 Å². The van der Waals surface area contributed by atoms with Crippen LogP contribution in [0.4, 0.5) is 0 Å². The first-order chi connectivity index (χ1) is 7.65. The molecule has 0 bridgehead atoms. The molecule has 0 amide bonds. The van der Waals surface area contributed by atoms with Crippen molar-refractivity contribution in [3.05, 3.63) is 34.8 Å². The molecule has 0 fully saturated rings. The molecule has 0 aliphatic heterocycles. The normalized spacial score (nSPS) is 11.3. The average molecular weight is 232 g/mol. The molecule has 0 unspecified atom stereocenters. The molecule has 0 atom stereocenters. The van der Waals surface area contributed by atoms with Gasteiger partial charge in [0.1, 0.15) is 15.4 Å². The third-order valence-corrected chi connectivity index (χ3v) is 3.48. The zero-order valence-electron chi connectivity index (χ0n) is 8.47. The van der Waals surface area contributed by atoms with Crippen molar-refractivity contribution in [3.63, 3.8) is 0 Å². The van der Waals surface area contributed by atoms with Crippen LogP contribution in [0.3, 0.4) is 0 Å². The maximum Gasteiger partial charge on any atom is 0.346 e. The Kier molecular flexibility index (Phi) is 1.79. The fraction of sp³-hybridized carbons (Fsp3) is 0.0909. The van der Waals surface area contributed by atoms with Gasteiger partial charge in [0.05, 0.1) is 5.52 Å². The quantitative estimate of drug-likeness (QED) is 0.701. The summed E-state index contributed by atoms with van der Waals surface area (Å²) in [5.74, 6) is -0.899. The molecule has 3 heterocycles. The summed E-state index contributed by atoms with van der Waals surface area (Å²) in [5, 5.41) is 8.89. The van der Waals surface area contributed by atoms with Crippen LogP contribution in [0.25, 0.3) is 16.0 Å². The Hall–Kier alpha value is -1.88. The predicted octanol–water partition coefficient (Wildman–Crippen LogP) is 2.56. The zero-order chi connectivity index (χ0) is 11.3. The molecule has 16 heavy (non-hydrogen) atoms. The standard InChI is InChI=1S/C11H8N2O2S/c1-6-2-3-13-7-5-8(11(14)15)16-10(7)12-9(13)4-6/h2-5H,1H3,(H,14,15). The van der Waals surface area contributed by atoms with Crippen molar-refractivity contribution in [1.29, 1.82) is 0 Å². The van der Waals surface area contributed by atoms with E-state index >= 15 is 0 Å². The van der Waals surface area contributed by atoms with Crippen molar-refractivity contribution in [2.24, 2.45) is 0 Å². The van der Waals surface area contributed by atoms with E-state index in [4.69, 9.17) is 5.11 Å². The van der Waals surface area contributed by atoms with Gasteiger partial charge in [-0.05, 0) is 30.7 Å². The molecule has 80 valence electrons. The number of aromatic nitrogens is 2. The molecule has 0 saturated heterocycles. The Bertz CT molecular complexity index is 711. The average Bonchev–Trinajstić information content (AvgIpc) is 2.73. The number of carbonyl (C=O) groups is 1. The van der Waals surface area contributed by atoms with Gasteiger partial charge in [-0.15, -0.1) is 11.3 Å². The number of thiophene rings is 1. The number of aryl methyl sites for hydroxylation is 1. The first-order valence-electron chi connectivity index (χ1n) is 4.77. The highest BCUT2D eigenvalue weighted by atomic mass is 32.1. The minimum Gasteiger partial charge on any atom is -0.477 e. The lowest BCUT2D eigenvalue weighted by molar-refractivity contribution is 0.0702. The minimum atomic E-state index is -0.899. The number of nitrogens with zero attached hydrogens (tertiary/aromatic N) is 2. The molecule has 0 radical (unpaired) electrons. The molecule has 3 aromatic heterocycles. The lowest BCUT2D eigenvalue weighted by atomic mass is 10.3. The molecule has 0 aliphatic carbocycles. The van der Waals surface area contributed by atoms with E-state index in [0.29, 0.717) is 4.88 Å². The smallest absolute Gasteiger partial charge is 0.346 e. The molecular formula is C11H8N2O2S. The number of hydrogen-bond donors (Lipinski definition) is 1. The van der Waals surface area contributed by atoms with Gasteiger partial charge < -0.3 is 5.11 Å². The van der Waals surface area contributed by atoms with Crippen molar-refractivity contribution in [1.82, 2.24) is 9.38 Å². The maximum atomic E-state index is 10.8. The minimum absolute atomic E-state index is 0.326. The lowest BCUT2D eigenvalue weighted by Gasteiger charge is -1.94. The van der Waals surface area contributed by atoms with Crippen molar-refractivity contribution in [2.45, 2.75) is 6.92 Å². The number of pyridine rings is 1. The number of carboxylic acids is 1. The Balaban J connectivity index is 2.38. The van der Waals surface area contributed by atoms with Crippen LogP contribution < -0.4 is 0 Å². The van der Waals surface area contributed by atoms with E-state index in [-0.39, 0.29) is 0 Å². The summed E-state index contributed by atoms with van der Waals surface area (Å²) in [6.07, 6.45) is 1.92. The van der Waals surface area contributed by atoms with Crippen LogP contribution in [0.5, 0.6) is 0 Å². The predicted molar refractivity (Wildman–Crippen MR) is 62.3 cm³/mol. The monoisotopic (exact) mass is 232 g/mol. The van der Waals surface area contributed by atoms with Crippen molar-refractivity contribution in [2.75, 3.05) is 0 Å². The Morgan fingerprint density at radius 2 is 2.31 bits per heavy atom. The molecule has 3 aromatic rings. The van der Waals surface area contributed by atoms with Crippen molar-refractivity contribution in [3.8, 4) is 0 Å². The second-order valence-electron chi connectivity index (χ2n) is 3.65. The third kappa shape index (κ3) is 1.22. The van der Waals surface area contributed by atoms with Gasteiger partial charge in [-0.3, -0.25) is 4.40 Å². The van der Waals surface area contributed by atoms with Crippen LogP contribution >= 0.6 is 11.3 Å². The second kappa shape index (κ2) is 3.05. The Morgan fingerprint density at radius 1 is 1.50 bits per heavy atom. The number of aromatic carboxylic acids is 1. The SMILES string of the molecule is Cc1ccn2c(c1)nc1sc(C(=O)O)cc12. The van der Waals surface area contributed by atoms with Crippen LogP contribution in [0, 0.1) is 6.92 Å². The van der Waals surface area contributed by atoms with Crippen LogP contribution in [-0.4, -0.2) is 20.5 Å². The fourth-order valence-corrected chi connectivity index (χ4v) is 2.58. The molecular weight excluding hydrogens is 224 g/mol. The van der Waals surface area contributed by atoms with E-state index in [1.54, 1.807) is 6.07 Å². The number of imidazole rings is 1. The van der Waals surface area contributed by atoms with Gasteiger partial charge in [0.15, 0.2) is 0 Å². The van der Waals surface area contributed by atoms with E-state index in [0.717, 1.165) is 21.6 Å². The van der Waals surface area contributed by atoms with Gasteiger partial charge in [0.25, 0.3) is 0 Å². The van der Waals surface area contributed by atoms with Crippen LogP contribution in [0.1, 0.15) is 15.2 Å². The van der Waals surface area contributed by atoms with E-state index in [1.165, 1.54) is 11.3 Å². The Labute approximate surface area is 94.8 Å². The fourth-order valence-electron chi connectivity index (χ4n) is 1.71. The zero-order valence-corrected chi connectivity index (χ0v) is 9.28. The van der Waals surface area contributed by atoms with Crippen LogP contribution in [0.2, 0.25) is 0 Å². The van der Waals surface area contributed by atoms with E-state index in [9.17, 15) is 4.79 Å². The number of rotatable bonds is 1. The number of hydrogen-bond acceptors (Lipinski definition) is 3. The molecule has 4 nitrogen and oxygen atoms in total. The second-order valence-corrected chi connectivity index (χ2v) is 4.68. The first kappa shape index (κ1) is 9.35. The highest BCUT2D eigenvalue weighted by Gasteiger charge is 2.13.